The highest BCUT2D eigenvalue weighted by atomic mass is 16.5. The average Bonchev–Trinajstić information content (AvgIpc) is 3.69. The van der Waals surface area contributed by atoms with Gasteiger partial charge in [0.05, 0.1) is 36.3 Å². The molecule has 6 rings (SSSR count). The molecule has 4 aromatic rings. The van der Waals surface area contributed by atoms with Crippen LogP contribution in [0.1, 0.15) is 55.5 Å². The molecule has 1 unspecified atom stereocenters. The zero-order valence-corrected chi connectivity index (χ0v) is 29.8. The number of hydrogen-bond donors (Lipinski definition) is 4. The quantitative estimate of drug-likeness (QED) is 0.0935. The lowest BCUT2D eigenvalue weighted by atomic mass is 9.83. The SMILES string of the molecule is CCOc1ccc2c(c1)CC(NCCCCO)C(=O)N2c1ccc(CN2C(=O)[C@@](O)([C@@H](C)/C=C/CCn3cc(CCO)nn3)c3ccccc32)cc1. The van der Waals surface area contributed by atoms with E-state index in [0.717, 1.165) is 34.7 Å². The van der Waals surface area contributed by atoms with Crippen LogP contribution in [-0.2, 0) is 41.1 Å². The Kier molecular flexibility index (Phi) is 11.8. The van der Waals surface area contributed by atoms with Crippen LogP contribution >= 0.6 is 0 Å². The van der Waals surface area contributed by atoms with Gasteiger partial charge in [0, 0.05) is 49.5 Å². The van der Waals surface area contributed by atoms with Gasteiger partial charge < -0.3 is 30.3 Å². The molecule has 12 heteroatoms. The number of allylic oxidation sites excluding steroid dienone is 1. The number of aliphatic hydroxyl groups excluding tert-OH is 2. The number of nitrogens with one attached hydrogen (secondary N) is 1. The van der Waals surface area contributed by atoms with Crippen LogP contribution in [0.5, 0.6) is 5.75 Å². The van der Waals surface area contributed by atoms with Crippen molar-refractivity contribution in [1.29, 1.82) is 0 Å². The molecule has 0 saturated carbocycles. The molecule has 3 atom stereocenters. The van der Waals surface area contributed by atoms with Gasteiger partial charge in [0.2, 0.25) is 5.91 Å². The number of aryl methyl sites for hydroxylation is 1. The maximum atomic E-state index is 14.1. The summed E-state index contributed by atoms with van der Waals surface area (Å²) in [6.45, 7) is 5.90. The first-order valence-corrected chi connectivity index (χ1v) is 18.1. The van der Waals surface area contributed by atoms with Crippen LogP contribution in [0.25, 0.3) is 0 Å². The Morgan fingerprint density at radius 2 is 1.85 bits per heavy atom. The lowest BCUT2D eigenvalue weighted by Crippen LogP contribution is -2.49. The number of para-hydroxylation sites is 1. The van der Waals surface area contributed by atoms with Crippen LogP contribution in [0.3, 0.4) is 0 Å². The van der Waals surface area contributed by atoms with E-state index in [-0.39, 0.29) is 31.6 Å². The van der Waals surface area contributed by atoms with Crippen molar-refractivity contribution in [3.63, 3.8) is 0 Å². The summed E-state index contributed by atoms with van der Waals surface area (Å²) in [4.78, 5) is 31.4. The van der Waals surface area contributed by atoms with Gasteiger partial charge in [0.1, 0.15) is 5.75 Å². The second-order valence-electron chi connectivity index (χ2n) is 13.3. The Morgan fingerprint density at radius 3 is 2.62 bits per heavy atom. The van der Waals surface area contributed by atoms with Gasteiger partial charge in [0.15, 0.2) is 5.60 Å². The van der Waals surface area contributed by atoms with Crippen molar-refractivity contribution in [2.24, 2.45) is 5.92 Å². The summed E-state index contributed by atoms with van der Waals surface area (Å²) in [6, 6.07) is 20.4. The highest BCUT2D eigenvalue weighted by molar-refractivity contribution is 6.08. The van der Waals surface area contributed by atoms with Crippen molar-refractivity contribution in [2.45, 2.75) is 70.7 Å². The summed E-state index contributed by atoms with van der Waals surface area (Å²) >= 11 is 0. The molecule has 0 bridgehead atoms. The van der Waals surface area contributed by atoms with Gasteiger partial charge >= 0.3 is 0 Å². The predicted octanol–water partition coefficient (Wildman–Crippen LogP) is 4.18. The molecule has 2 amide bonds. The number of aliphatic hydroxyl groups is 3. The number of ether oxygens (including phenoxy) is 1. The topological polar surface area (TPSA) is 153 Å². The molecule has 1 aromatic heterocycles. The maximum absolute atomic E-state index is 14.1. The largest absolute Gasteiger partial charge is 0.494 e. The van der Waals surface area contributed by atoms with Crippen LogP contribution in [0.15, 0.2) is 85.1 Å². The third kappa shape index (κ3) is 7.65. The van der Waals surface area contributed by atoms with Crippen LogP contribution in [0, 0.1) is 5.92 Å². The summed E-state index contributed by atoms with van der Waals surface area (Å²) in [6.07, 6.45) is 8.67. The van der Waals surface area contributed by atoms with Gasteiger partial charge in [-0.25, -0.2) is 0 Å². The number of unbranched alkanes of at least 4 members (excludes halogenated alkanes) is 1. The zero-order valence-electron chi connectivity index (χ0n) is 29.8. The highest BCUT2D eigenvalue weighted by Gasteiger charge is 2.52. The number of aromatic nitrogens is 3. The summed E-state index contributed by atoms with van der Waals surface area (Å²) in [5.41, 5.74) is 3.59. The van der Waals surface area contributed by atoms with E-state index in [9.17, 15) is 19.8 Å². The normalized spacial score (nSPS) is 19.0. The van der Waals surface area contributed by atoms with Gasteiger partial charge in [-0.05, 0) is 86.7 Å². The third-order valence-corrected chi connectivity index (χ3v) is 9.80. The molecule has 274 valence electrons. The molecular formula is C40H48N6O6. The van der Waals surface area contributed by atoms with E-state index in [1.54, 1.807) is 20.7 Å². The van der Waals surface area contributed by atoms with E-state index < -0.39 is 17.6 Å². The van der Waals surface area contributed by atoms with E-state index in [1.165, 1.54) is 0 Å². The van der Waals surface area contributed by atoms with E-state index in [0.29, 0.717) is 62.3 Å². The zero-order chi connectivity index (χ0) is 36.7. The molecule has 2 aliphatic rings. The first-order chi connectivity index (χ1) is 25.3. The molecule has 3 aromatic carbocycles. The summed E-state index contributed by atoms with van der Waals surface area (Å²) in [5, 5.41) is 41.9. The monoisotopic (exact) mass is 708 g/mol. The van der Waals surface area contributed by atoms with Gasteiger partial charge in [-0.2, -0.15) is 0 Å². The number of amides is 2. The van der Waals surface area contributed by atoms with Gasteiger partial charge in [-0.1, -0.05) is 54.6 Å². The first kappa shape index (κ1) is 36.9. The Balaban J connectivity index is 1.18. The minimum atomic E-state index is -1.74. The molecular weight excluding hydrogens is 660 g/mol. The molecule has 4 N–H and O–H groups in total. The number of carbonyl (C=O) groups excluding carboxylic acids is 2. The first-order valence-electron chi connectivity index (χ1n) is 18.1. The second kappa shape index (κ2) is 16.6. The predicted molar refractivity (Wildman–Crippen MR) is 198 cm³/mol. The Bertz CT molecular complexity index is 1880. The summed E-state index contributed by atoms with van der Waals surface area (Å²) in [5.74, 6) is -0.199. The van der Waals surface area contributed by atoms with Crippen molar-refractivity contribution < 1.29 is 29.6 Å². The number of hydrogen-bond acceptors (Lipinski definition) is 9. The fraction of sp³-hybridized carbons (Fsp3) is 0.400. The minimum absolute atomic E-state index is 0.0175. The second-order valence-corrected chi connectivity index (χ2v) is 13.3. The maximum Gasteiger partial charge on any atom is 0.264 e. The van der Waals surface area contributed by atoms with Crippen molar-refractivity contribution >= 4 is 28.9 Å². The van der Waals surface area contributed by atoms with Gasteiger partial charge in [-0.15, -0.1) is 5.10 Å². The van der Waals surface area contributed by atoms with Crippen molar-refractivity contribution in [1.82, 2.24) is 20.3 Å². The van der Waals surface area contributed by atoms with E-state index in [4.69, 9.17) is 9.84 Å². The molecule has 0 fully saturated rings. The van der Waals surface area contributed by atoms with Crippen LogP contribution in [0.2, 0.25) is 0 Å². The molecule has 0 spiro atoms. The Labute approximate surface area is 304 Å². The lowest BCUT2D eigenvalue weighted by molar-refractivity contribution is -0.139. The number of benzene rings is 3. The summed E-state index contributed by atoms with van der Waals surface area (Å²) in [7, 11) is 0. The third-order valence-electron chi connectivity index (χ3n) is 9.80. The fourth-order valence-corrected chi connectivity index (χ4v) is 7.04. The van der Waals surface area contributed by atoms with Crippen molar-refractivity contribution in [3.05, 3.63) is 107 Å². The number of rotatable bonds is 17. The minimum Gasteiger partial charge on any atom is -0.494 e. The molecule has 3 heterocycles. The standard InChI is InChI=1S/C40H48N6O6/c1-3-52-33-17-18-36-30(24-33)25-35(41-20-7-9-22-47)38(49)46(36)32-15-13-29(14-16-32)26-45-37-12-5-4-11-34(37)40(51,39(45)50)28(2)10-6-8-21-44-27-31(19-23-48)42-43-44/h4-6,10-18,24,27-28,35,41,47-48,51H,3,7-9,19-23,25-26H2,1-2H3/b10-6+/t28-,35?,40+/m0/s1. The number of anilines is 3. The van der Waals surface area contributed by atoms with E-state index >= 15 is 0 Å². The molecule has 0 radical (unpaired) electrons. The number of carbonyl (C=O) groups is 2. The smallest absolute Gasteiger partial charge is 0.264 e. The van der Waals surface area contributed by atoms with Crippen LogP contribution in [-0.4, -0.2) is 74.5 Å². The lowest BCUT2D eigenvalue weighted by Gasteiger charge is -2.35. The van der Waals surface area contributed by atoms with E-state index in [2.05, 4.69) is 15.6 Å². The molecule has 0 saturated heterocycles. The van der Waals surface area contributed by atoms with Crippen molar-refractivity contribution in [3.8, 4) is 5.75 Å². The van der Waals surface area contributed by atoms with E-state index in [1.807, 2.05) is 92.7 Å². The fourth-order valence-electron chi connectivity index (χ4n) is 7.04. The Hall–Kier alpha value is -4.88. The summed E-state index contributed by atoms with van der Waals surface area (Å²) < 4.78 is 7.48. The molecule has 52 heavy (non-hydrogen) atoms. The van der Waals surface area contributed by atoms with Gasteiger partial charge in [0.25, 0.3) is 5.91 Å². The van der Waals surface area contributed by atoms with Gasteiger partial charge in [-0.3, -0.25) is 19.2 Å². The van der Waals surface area contributed by atoms with Crippen molar-refractivity contribution in [2.75, 3.05) is 36.2 Å². The average molecular weight is 709 g/mol. The number of fused-ring (bicyclic) bond motifs is 2. The van der Waals surface area contributed by atoms with Crippen LogP contribution < -0.4 is 19.9 Å². The highest BCUT2D eigenvalue weighted by Crippen LogP contribution is 2.46. The molecule has 2 aliphatic heterocycles. The van der Waals surface area contributed by atoms with Crippen LogP contribution in [0.4, 0.5) is 17.1 Å². The number of nitrogens with zero attached hydrogens (tertiary/aromatic N) is 5. The Morgan fingerprint density at radius 1 is 1.04 bits per heavy atom. The molecule has 0 aliphatic carbocycles. The molecule has 12 nitrogen and oxygen atoms in total.